The van der Waals surface area contributed by atoms with Crippen LogP contribution in [0.5, 0.6) is 0 Å². The molecule has 0 radical (unpaired) electrons. The lowest BCUT2D eigenvalue weighted by atomic mass is 9.40. The maximum absolute atomic E-state index is 13.0. The van der Waals surface area contributed by atoms with Crippen LogP contribution in [0, 0.1) is 32.5 Å². The van der Waals surface area contributed by atoms with Gasteiger partial charge >= 0.3 is 5.97 Å². The molecule has 154 valence electrons. The van der Waals surface area contributed by atoms with Crippen molar-refractivity contribution in [1.29, 1.82) is 0 Å². The van der Waals surface area contributed by atoms with Crippen LogP contribution >= 0.6 is 0 Å². The van der Waals surface area contributed by atoms with Crippen molar-refractivity contribution in [2.45, 2.75) is 96.4 Å². The van der Waals surface area contributed by atoms with Crippen molar-refractivity contribution in [1.82, 2.24) is 0 Å². The van der Waals surface area contributed by atoms with Crippen LogP contribution in [-0.4, -0.2) is 18.9 Å². The molecule has 0 heterocycles. The number of Topliss-reactive ketones (excluding diaryl/α,β-unsaturated/α-hetero) is 1. The zero-order valence-electron chi connectivity index (χ0n) is 19.9. The van der Waals surface area contributed by atoms with Crippen LogP contribution in [0.25, 0.3) is 0 Å². The molecule has 3 nitrogen and oxygen atoms in total. The van der Waals surface area contributed by atoms with Gasteiger partial charge in [-0.05, 0) is 41.9 Å². The molecular weight excluding hydrogens is 324 g/mol. The van der Waals surface area contributed by atoms with Gasteiger partial charge < -0.3 is 4.74 Å². The van der Waals surface area contributed by atoms with E-state index in [1.54, 1.807) is 6.92 Å². The molecule has 0 aliphatic heterocycles. The fourth-order valence-electron chi connectivity index (χ4n) is 4.86. The van der Waals surface area contributed by atoms with Crippen molar-refractivity contribution >= 4 is 11.8 Å². The molecule has 0 aliphatic rings. The molecule has 0 aromatic carbocycles. The van der Waals surface area contributed by atoms with Crippen molar-refractivity contribution < 1.29 is 14.3 Å². The van der Waals surface area contributed by atoms with Gasteiger partial charge in [0.15, 0.2) is 0 Å². The molecule has 0 spiro atoms. The third-order valence-electron chi connectivity index (χ3n) is 7.95. The maximum Gasteiger partial charge on any atom is 0.312 e. The molecule has 2 atom stereocenters. The van der Waals surface area contributed by atoms with E-state index in [2.05, 4.69) is 76.2 Å². The summed E-state index contributed by atoms with van der Waals surface area (Å²) in [6, 6.07) is 0. The zero-order valence-corrected chi connectivity index (χ0v) is 19.9. The molecule has 0 fully saturated rings. The van der Waals surface area contributed by atoms with Crippen molar-refractivity contribution in [3.63, 3.8) is 0 Å². The van der Waals surface area contributed by atoms with Crippen molar-refractivity contribution in [2.75, 3.05) is 7.11 Å². The van der Waals surface area contributed by atoms with E-state index in [-0.39, 0.29) is 22.6 Å². The lowest BCUT2D eigenvalue weighted by Crippen LogP contribution is -2.62. The largest absolute Gasteiger partial charge is 0.469 e. The lowest BCUT2D eigenvalue weighted by Gasteiger charge is -2.62. The first kappa shape index (κ1) is 25.1. The molecule has 0 saturated carbocycles. The number of ether oxygens (including phenoxy) is 1. The molecule has 3 heteroatoms. The quantitative estimate of drug-likeness (QED) is 0.517. The van der Waals surface area contributed by atoms with Gasteiger partial charge in [-0.25, -0.2) is 0 Å². The summed E-state index contributed by atoms with van der Waals surface area (Å²) in [6.45, 7) is 27.0. The second-order valence-electron chi connectivity index (χ2n) is 11.7. The van der Waals surface area contributed by atoms with Crippen LogP contribution < -0.4 is 0 Å². The Kier molecular flexibility index (Phi) is 6.72. The Hall–Kier alpha value is -0.860. The van der Waals surface area contributed by atoms with E-state index in [0.29, 0.717) is 0 Å². The van der Waals surface area contributed by atoms with Crippen LogP contribution in [0.15, 0.2) is 0 Å². The van der Waals surface area contributed by atoms with Crippen molar-refractivity contribution in [2.24, 2.45) is 32.5 Å². The zero-order chi connectivity index (χ0) is 21.6. The Morgan fingerprint density at radius 3 is 1.35 bits per heavy atom. The average Bonchev–Trinajstić information content (AvgIpc) is 2.41. The molecule has 2 unspecified atom stereocenters. The third kappa shape index (κ3) is 3.73. The molecule has 0 N–H and O–H groups in total. The predicted octanol–water partition coefficient (Wildman–Crippen LogP) is 6.30. The number of ketones is 1. The van der Waals surface area contributed by atoms with Crippen LogP contribution in [0.2, 0.25) is 0 Å². The molecule has 0 bridgehead atoms. The highest BCUT2D eigenvalue weighted by atomic mass is 16.5. The SMILES string of the molecule is COC(=O)C(C)(C(C)(C)C)C(C)(C)C(C)(C)C(C)(CC(C)(C)C)C(C)=O. The van der Waals surface area contributed by atoms with Gasteiger partial charge in [-0.15, -0.1) is 0 Å². The Morgan fingerprint density at radius 2 is 1.12 bits per heavy atom. The van der Waals surface area contributed by atoms with Gasteiger partial charge in [0.25, 0.3) is 0 Å². The molecule has 0 saturated heterocycles. The van der Waals surface area contributed by atoms with E-state index < -0.39 is 21.7 Å². The number of hydrogen-bond acceptors (Lipinski definition) is 3. The minimum absolute atomic E-state index is 0.00281. The minimum Gasteiger partial charge on any atom is -0.469 e. The van der Waals surface area contributed by atoms with Crippen LogP contribution in [0.3, 0.4) is 0 Å². The maximum atomic E-state index is 13.0. The summed E-state index contributed by atoms with van der Waals surface area (Å²) in [4.78, 5) is 26.0. The number of rotatable bonds is 6. The number of carbonyl (C=O) groups is 2. The number of carbonyl (C=O) groups excluding carboxylic acids is 2. The highest BCUT2D eigenvalue weighted by Crippen LogP contribution is 2.66. The molecular formula is C23H44O3. The summed E-state index contributed by atoms with van der Waals surface area (Å²) in [6.07, 6.45) is 0.757. The van der Waals surface area contributed by atoms with E-state index in [1.807, 2.05) is 6.92 Å². The van der Waals surface area contributed by atoms with Gasteiger partial charge in [0.1, 0.15) is 5.78 Å². The summed E-state index contributed by atoms with van der Waals surface area (Å²) < 4.78 is 5.27. The van der Waals surface area contributed by atoms with Crippen molar-refractivity contribution in [3.8, 4) is 0 Å². The summed E-state index contributed by atoms with van der Waals surface area (Å²) in [5, 5.41) is 0. The van der Waals surface area contributed by atoms with E-state index in [4.69, 9.17) is 4.74 Å². The van der Waals surface area contributed by atoms with E-state index in [1.165, 1.54) is 7.11 Å². The van der Waals surface area contributed by atoms with Crippen LogP contribution in [0.4, 0.5) is 0 Å². The second-order valence-corrected chi connectivity index (χ2v) is 11.7. The number of esters is 1. The van der Waals surface area contributed by atoms with Crippen LogP contribution in [-0.2, 0) is 14.3 Å². The van der Waals surface area contributed by atoms with Gasteiger partial charge in [0, 0.05) is 5.41 Å². The third-order valence-corrected chi connectivity index (χ3v) is 7.95. The average molecular weight is 369 g/mol. The fourth-order valence-corrected chi connectivity index (χ4v) is 4.86. The Bertz CT molecular complexity index is 543. The minimum atomic E-state index is -0.771. The number of methoxy groups -OCH3 is 1. The second kappa shape index (κ2) is 6.95. The normalized spacial score (nSPS) is 18.7. The fraction of sp³-hybridized carbons (Fsp3) is 0.913. The Balaban J connectivity index is 6.78. The summed E-state index contributed by atoms with van der Waals surface area (Å²) in [5.74, 6) is -0.0450. The van der Waals surface area contributed by atoms with E-state index >= 15 is 0 Å². The Morgan fingerprint density at radius 1 is 0.731 bits per heavy atom. The van der Waals surface area contributed by atoms with Crippen molar-refractivity contribution in [3.05, 3.63) is 0 Å². The van der Waals surface area contributed by atoms with Gasteiger partial charge in [-0.2, -0.15) is 0 Å². The van der Waals surface area contributed by atoms with E-state index in [9.17, 15) is 9.59 Å². The van der Waals surface area contributed by atoms with Gasteiger partial charge in [0.2, 0.25) is 0 Å². The van der Waals surface area contributed by atoms with E-state index in [0.717, 1.165) is 6.42 Å². The first-order chi connectivity index (χ1) is 11.1. The summed E-state index contributed by atoms with van der Waals surface area (Å²) in [5.41, 5.74) is -2.63. The molecule has 0 aromatic heterocycles. The lowest BCUT2D eigenvalue weighted by molar-refractivity contribution is -0.197. The van der Waals surface area contributed by atoms with Crippen LogP contribution in [0.1, 0.15) is 96.4 Å². The number of hydrogen-bond donors (Lipinski definition) is 0. The molecule has 26 heavy (non-hydrogen) atoms. The first-order valence-electron chi connectivity index (χ1n) is 9.73. The summed E-state index contributed by atoms with van der Waals surface area (Å²) in [7, 11) is 1.45. The molecule has 0 aromatic rings. The highest BCUT2D eigenvalue weighted by Gasteiger charge is 2.65. The van der Waals surface area contributed by atoms with Gasteiger partial charge in [-0.1, -0.05) is 76.2 Å². The monoisotopic (exact) mass is 368 g/mol. The smallest absolute Gasteiger partial charge is 0.312 e. The van der Waals surface area contributed by atoms with Gasteiger partial charge in [-0.3, -0.25) is 9.59 Å². The topological polar surface area (TPSA) is 43.4 Å². The predicted molar refractivity (Wildman–Crippen MR) is 110 cm³/mol. The first-order valence-corrected chi connectivity index (χ1v) is 9.73. The van der Waals surface area contributed by atoms with Gasteiger partial charge in [0.05, 0.1) is 12.5 Å². The molecule has 0 aliphatic carbocycles. The Labute approximate surface area is 162 Å². The standard InChI is InChI=1S/C23H44O3/c1-16(24)22(12,15-18(2,3)4)20(8,9)21(10,11)23(13,17(25)26-14)19(5,6)7/h15H2,1-14H3. The molecule has 0 amide bonds. The highest BCUT2D eigenvalue weighted by molar-refractivity contribution is 5.84. The summed E-state index contributed by atoms with van der Waals surface area (Å²) >= 11 is 0. The molecule has 0 rings (SSSR count).